The first-order chi connectivity index (χ1) is 8.70. The smallest absolute Gasteiger partial charge is 0.163 e. The molecule has 0 N–H and O–H groups in total. The average Bonchev–Trinajstić information content (AvgIpc) is 2.41. The Labute approximate surface area is 111 Å². The number of hydrogen-bond donors (Lipinski definition) is 0. The second-order valence-electron chi connectivity index (χ2n) is 4.34. The fourth-order valence-electron chi connectivity index (χ4n) is 1.99. The summed E-state index contributed by atoms with van der Waals surface area (Å²) in [7, 11) is 1.59. The normalized spacial score (nSPS) is 19.6. The summed E-state index contributed by atoms with van der Waals surface area (Å²) in [6.45, 7) is 0. The summed E-state index contributed by atoms with van der Waals surface area (Å²) in [5, 5.41) is 0. The maximum Gasteiger partial charge on any atom is 0.163 e. The standard InChI is InChI=1S/C14H16O3S/c1-17-12-4-2-10(3-5-12)14(16)8-11-9-18-7-6-13(11)15/h2-5,11H,6-9H2,1H3. The molecular weight excluding hydrogens is 248 g/mol. The van der Waals surface area contributed by atoms with Crippen molar-refractivity contribution in [3.8, 4) is 5.75 Å². The van der Waals surface area contributed by atoms with E-state index in [2.05, 4.69) is 0 Å². The van der Waals surface area contributed by atoms with Crippen molar-refractivity contribution in [3.63, 3.8) is 0 Å². The molecule has 1 unspecified atom stereocenters. The Bertz CT molecular complexity index is 439. The summed E-state index contributed by atoms with van der Waals surface area (Å²) < 4.78 is 5.05. The van der Waals surface area contributed by atoms with Gasteiger partial charge >= 0.3 is 0 Å². The first-order valence-electron chi connectivity index (χ1n) is 5.98. The summed E-state index contributed by atoms with van der Waals surface area (Å²) in [4.78, 5) is 23.7. The molecule has 1 aromatic rings. The number of rotatable bonds is 4. The molecule has 1 fully saturated rings. The number of carbonyl (C=O) groups excluding carboxylic acids is 2. The second kappa shape index (κ2) is 6.05. The van der Waals surface area contributed by atoms with Gasteiger partial charge < -0.3 is 4.74 Å². The molecule has 0 amide bonds. The van der Waals surface area contributed by atoms with Crippen molar-refractivity contribution in [1.29, 1.82) is 0 Å². The van der Waals surface area contributed by atoms with E-state index in [1.165, 1.54) is 0 Å². The van der Waals surface area contributed by atoms with Gasteiger partial charge in [-0.15, -0.1) is 0 Å². The number of thioether (sulfide) groups is 1. The lowest BCUT2D eigenvalue weighted by Crippen LogP contribution is -2.25. The van der Waals surface area contributed by atoms with Gasteiger partial charge in [-0.05, 0) is 24.3 Å². The minimum absolute atomic E-state index is 0.0403. The molecule has 0 bridgehead atoms. The fourth-order valence-corrected chi connectivity index (χ4v) is 3.09. The Morgan fingerprint density at radius 2 is 2.11 bits per heavy atom. The third kappa shape index (κ3) is 3.13. The highest BCUT2D eigenvalue weighted by Crippen LogP contribution is 2.24. The molecule has 1 heterocycles. The van der Waals surface area contributed by atoms with E-state index in [1.807, 2.05) is 0 Å². The van der Waals surface area contributed by atoms with E-state index >= 15 is 0 Å². The van der Waals surface area contributed by atoms with Crippen LogP contribution in [0.2, 0.25) is 0 Å². The maximum atomic E-state index is 12.1. The summed E-state index contributed by atoms with van der Waals surface area (Å²) in [6.07, 6.45) is 0.934. The highest BCUT2D eigenvalue weighted by atomic mass is 32.2. The highest BCUT2D eigenvalue weighted by molar-refractivity contribution is 7.99. The van der Waals surface area contributed by atoms with Crippen molar-refractivity contribution in [3.05, 3.63) is 29.8 Å². The molecule has 96 valence electrons. The lowest BCUT2D eigenvalue weighted by molar-refractivity contribution is -0.122. The first kappa shape index (κ1) is 13.1. The summed E-state index contributed by atoms with van der Waals surface area (Å²) in [5.41, 5.74) is 0.652. The molecule has 0 aliphatic carbocycles. The lowest BCUT2D eigenvalue weighted by Gasteiger charge is -2.19. The molecule has 0 aromatic heterocycles. The van der Waals surface area contributed by atoms with Crippen LogP contribution in [-0.4, -0.2) is 30.2 Å². The van der Waals surface area contributed by atoms with Crippen molar-refractivity contribution in [2.45, 2.75) is 12.8 Å². The van der Waals surface area contributed by atoms with Crippen LogP contribution in [0.4, 0.5) is 0 Å². The van der Waals surface area contributed by atoms with E-state index in [1.54, 1.807) is 43.1 Å². The molecule has 3 nitrogen and oxygen atoms in total. The fraction of sp³-hybridized carbons (Fsp3) is 0.429. The minimum Gasteiger partial charge on any atom is -0.497 e. The highest BCUT2D eigenvalue weighted by Gasteiger charge is 2.25. The quantitative estimate of drug-likeness (QED) is 0.784. The largest absolute Gasteiger partial charge is 0.497 e. The van der Waals surface area contributed by atoms with E-state index in [0.29, 0.717) is 18.4 Å². The van der Waals surface area contributed by atoms with Gasteiger partial charge in [0.2, 0.25) is 0 Å². The number of hydrogen-bond acceptors (Lipinski definition) is 4. The average molecular weight is 264 g/mol. The van der Waals surface area contributed by atoms with Crippen LogP contribution >= 0.6 is 11.8 Å². The molecule has 4 heteroatoms. The Balaban J connectivity index is 2.00. The lowest BCUT2D eigenvalue weighted by atomic mass is 9.94. The molecule has 1 aliphatic rings. The van der Waals surface area contributed by atoms with Crippen LogP contribution in [-0.2, 0) is 4.79 Å². The van der Waals surface area contributed by atoms with Crippen LogP contribution in [0.25, 0.3) is 0 Å². The molecule has 1 aromatic carbocycles. The predicted molar refractivity (Wildman–Crippen MR) is 72.4 cm³/mol. The van der Waals surface area contributed by atoms with Crippen LogP contribution in [0.3, 0.4) is 0 Å². The summed E-state index contributed by atoms with van der Waals surface area (Å²) in [5.74, 6) is 2.58. The van der Waals surface area contributed by atoms with Gasteiger partial charge in [0.1, 0.15) is 11.5 Å². The zero-order valence-corrected chi connectivity index (χ0v) is 11.2. The van der Waals surface area contributed by atoms with E-state index < -0.39 is 0 Å². The Morgan fingerprint density at radius 3 is 2.72 bits per heavy atom. The summed E-state index contributed by atoms with van der Waals surface area (Å²) in [6, 6.07) is 7.04. The number of benzene rings is 1. The molecule has 0 saturated carbocycles. The van der Waals surface area contributed by atoms with Crippen molar-refractivity contribution < 1.29 is 14.3 Å². The third-order valence-electron chi connectivity index (χ3n) is 3.11. The molecule has 2 rings (SSSR count). The van der Waals surface area contributed by atoms with Crippen LogP contribution < -0.4 is 4.74 Å². The van der Waals surface area contributed by atoms with E-state index in [9.17, 15) is 9.59 Å². The van der Waals surface area contributed by atoms with Gasteiger partial charge in [0, 0.05) is 35.8 Å². The third-order valence-corrected chi connectivity index (χ3v) is 4.24. The Hall–Kier alpha value is -1.29. The number of methoxy groups -OCH3 is 1. The minimum atomic E-state index is -0.0987. The zero-order valence-electron chi connectivity index (χ0n) is 10.3. The van der Waals surface area contributed by atoms with Crippen LogP contribution in [0.15, 0.2) is 24.3 Å². The van der Waals surface area contributed by atoms with Crippen LogP contribution in [0.5, 0.6) is 5.75 Å². The van der Waals surface area contributed by atoms with Crippen molar-refractivity contribution in [2.75, 3.05) is 18.6 Å². The van der Waals surface area contributed by atoms with Gasteiger partial charge in [0.25, 0.3) is 0 Å². The van der Waals surface area contributed by atoms with Crippen molar-refractivity contribution in [1.82, 2.24) is 0 Å². The molecule has 1 atom stereocenters. The number of carbonyl (C=O) groups is 2. The molecule has 0 radical (unpaired) electrons. The molecule has 18 heavy (non-hydrogen) atoms. The van der Waals surface area contributed by atoms with Gasteiger partial charge in [0.05, 0.1) is 7.11 Å². The SMILES string of the molecule is COc1ccc(C(=O)CC2CSCCC2=O)cc1. The number of ketones is 2. The second-order valence-corrected chi connectivity index (χ2v) is 5.49. The Kier molecular flexibility index (Phi) is 4.42. The van der Waals surface area contributed by atoms with Crippen LogP contribution in [0.1, 0.15) is 23.2 Å². The zero-order chi connectivity index (χ0) is 13.0. The van der Waals surface area contributed by atoms with Crippen LogP contribution in [0, 0.1) is 5.92 Å². The van der Waals surface area contributed by atoms with Gasteiger partial charge in [-0.2, -0.15) is 11.8 Å². The maximum absolute atomic E-state index is 12.1. The van der Waals surface area contributed by atoms with E-state index in [-0.39, 0.29) is 17.5 Å². The Morgan fingerprint density at radius 1 is 1.39 bits per heavy atom. The molecule has 1 saturated heterocycles. The molecule has 0 spiro atoms. The van der Waals surface area contributed by atoms with Crippen molar-refractivity contribution >= 4 is 23.3 Å². The van der Waals surface area contributed by atoms with Gasteiger partial charge in [-0.1, -0.05) is 0 Å². The van der Waals surface area contributed by atoms with Gasteiger partial charge in [-0.25, -0.2) is 0 Å². The van der Waals surface area contributed by atoms with E-state index in [0.717, 1.165) is 17.3 Å². The molecule has 1 aliphatic heterocycles. The first-order valence-corrected chi connectivity index (χ1v) is 7.14. The van der Waals surface area contributed by atoms with Gasteiger partial charge in [-0.3, -0.25) is 9.59 Å². The van der Waals surface area contributed by atoms with E-state index in [4.69, 9.17) is 4.74 Å². The van der Waals surface area contributed by atoms with Crippen molar-refractivity contribution in [2.24, 2.45) is 5.92 Å². The molecular formula is C14H16O3S. The summed E-state index contributed by atoms with van der Waals surface area (Å²) >= 11 is 1.76. The van der Waals surface area contributed by atoms with Gasteiger partial charge in [0.15, 0.2) is 5.78 Å². The predicted octanol–water partition coefficient (Wildman–Crippen LogP) is 2.59. The monoisotopic (exact) mass is 264 g/mol. The topological polar surface area (TPSA) is 43.4 Å². The number of ether oxygens (including phenoxy) is 1. The number of Topliss-reactive ketones (excluding diaryl/α,β-unsaturated/α-hetero) is 2.